The number of anilines is 1. The van der Waals surface area contributed by atoms with Gasteiger partial charge in [0.05, 0.1) is 0 Å². The highest BCUT2D eigenvalue weighted by atomic mass is 16.5. The topological polar surface area (TPSA) is 21.3 Å². The molecule has 0 saturated carbocycles. The number of hydrogen-bond acceptors (Lipinski definition) is 2. The Hall–Kier alpha value is -1.44. The summed E-state index contributed by atoms with van der Waals surface area (Å²) in [6.45, 7) is 7.48. The van der Waals surface area contributed by atoms with Gasteiger partial charge >= 0.3 is 0 Å². The molecule has 15 heavy (non-hydrogen) atoms. The molecule has 1 aromatic carbocycles. The molecule has 2 heteroatoms. The van der Waals surface area contributed by atoms with Crippen molar-refractivity contribution in [3.63, 3.8) is 0 Å². The van der Waals surface area contributed by atoms with E-state index in [1.165, 1.54) is 17.7 Å². The smallest absolute Gasteiger partial charge is 0.120 e. The minimum absolute atomic E-state index is 0.603. The molecule has 0 radical (unpaired) electrons. The highest BCUT2D eigenvalue weighted by Crippen LogP contribution is 2.26. The summed E-state index contributed by atoms with van der Waals surface area (Å²) >= 11 is 0. The number of rotatable bonds is 3. The number of fused-ring (bicyclic) bond motifs is 1. The predicted octanol–water partition coefficient (Wildman–Crippen LogP) is 3.00. The lowest BCUT2D eigenvalue weighted by atomic mass is 10.0. The fourth-order valence-corrected chi connectivity index (χ4v) is 1.75. The van der Waals surface area contributed by atoms with Crippen LogP contribution >= 0.6 is 0 Å². The van der Waals surface area contributed by atoms with Crippen LogP contribution in [0.2, 0.25) is 0 Å². The van der Waals surface area contributed by atoms with Crippen LogP contribution in [-0.4, -0.2) is 13.2 Å². The van der Waals surface area contributed by atoms with Gasteiger partial charge in [-0.2, -0.15) is 0 Å². The molecule has 0 amide bonds. The minimum Gasteiger partial charge on any atom is -0.489 e. The first-order valence-electron chi connectivity index (χ1n) is 5.40. The SMILES string of the molecule is C=C(C)COc1ccc2c(c1)CCCN2. The highest BCUT2D eigenvalue weighted by Gasteiger charge is 2.08. The summed E-state index contributed by atoms with van der Waals surface area (Å²) in [6, 6.07) is 6.24. The molecule has 0 atom stereocenters. The van der Waals surface area contributed by atoms with Crippen molar-refractivity contribution in [3.8, 4) is 5.75 Å². The molecule has 80 valence electrons. The monoisotopic (exact) mass is 203 g/mol. The first-order valence-corrected chi connectivity index (χ1v) is 5.40. The molecular formula is C13H17NO. The maximum absolute atomic E-state index is 5.61. The van der Waals surface area contributed by atoms with Crippen molar-refractivity contribution in [3.05, 3.63) is 35.9 Å². The molecule has 1 N–H and O–H groups in total. The predicted molar refractivity (Wildman–Crippen MR) is 63.6 cm³/mol. The maximum Gasteiger partial charge on any atom is 0.120 e. The zero-order valence-corrected chi connectivity index (χ0v) is 9.18. The van der Waals surface area contributed by atoms with Gasteiger partial charge < -0.3 is 10.1 Å². The van der Waals surface area contributed by atoms with Crippen molar-refractivity contribution >= 4 is 5.69 Å². The van der Waals surface area contributed by atoms with Crippen molar-refractivity contribution in [1.29, 1.82) is 0 Å². The van der Waals surface area contributed by atoms with Gasteiger partial charge in [0.15, 0.2) is 0 Å². The maximum atomic E-state index is 5.61. The molecule has 0 unspecified atom stereocenters. The van der Waals surface area contributed by atoms with Crippen LogP contribution in [0.25, 0.3) is 0 Å². The van der Waals surface area contributed by atoms with E-state index >= 15 is 0 Å². The molecule has 0 aromatic heterocycles. The van der Waals surface area contributed by atoms with Crippen molar-refractivity contribution in [2.45, 2.75) is 19.8 Å². The van der Waals surface area contributed by atoms with E-state index in [0.29, 0.717) is 6.61 Å². The molecule has 0 aliphatic carbocycles. The average Bonchev–Trinajstić information content (AvgIpc) is 2.26. The van der Waals surface area contributed by atoms with Crippen LogP contribution in [0.3, 0.4) is 0 Å². The first-order chi connectivity index (χ1) is 7.25. The van der Waals surface area contributed by atoms with Gasteiger partial charge in [0.1, 0.15) is 12.4 Å². The number of aryl methyl sites for hydroxylation is 1. The quantitative estimate of drug-likeness (QED) is 0.762. The number of ether oxygens (including phenoxy) is 1. The standard InChI is InChI=1S/C13H17NO/c1-10(2)9-15-12-5-6-13-11(8-12)4-3-7-14-13/h5-6,8,14H,1,3-4,7,9H2,2H3. The third-order valence-electron chi connectivity index (χ3n) is 2.50. The van der Waals surface area contributed by atoms with E-state index in [1.807, 2.05) is 13.0 Å². The van der Waals surface area contributed by atoms with E-state index in [0.717, 1.165) is 24.3 Å². The van der Waals surface area contributed by atoms with Gasteiger partial charge in [-0.15, -0.1) is 0 Å². The Morgan fingerprint density at radius 2 is 2.40 bits per heavy atom. The van der Waals surface area contributed by atoms with E-state index < -0.39 is 0 Å². The molecule has 2 rings (SSSR count). The van der Waals surface area contributed by atoms with Crippen LogP contribution in [0.4, 0.5) is 5.69 Å². The third kappa shape index (κ3) is 2.52. The molecule has 1 aromatic rings. The number of hydrogen-bond donors (Lipinski definition) is 1. The molecule has 1 heterocycles. The third-order valence-corrected chi connectivity index (χ3v) is 2.50. The van der Waals surface area contributed by atoms with Gasteiger partial charge in [0, 0.05) is 12.2 Å². The highest BCUT2D eigenvalue weighted by molar-refractivity contribution is 5.55. The fraction of sp³-hybridized carbons (Fsp3) is 0.385. The first kappa shape index (κ1) is 10.1. The summed E-state index contributed by atoms with van der Waals surface area (Å²) in [7, 11) is 0. The lowest BCUT2D eigenvalue weighted by Gasteiger charge is -2.18. The molecule has 1 aliphatic heterocycles. The summed E-state index contributed by atoms with van der Waals surface area (Å²) in [4.78, 5) is 0. The van der Waals surface area contributed by atoms with Gasteiger partial charge in [-0.1, -0.05) is 6.58 Å². The number of benzene rings is 1. The minimum atomic E-state index is 0.603. The van der Waals surface area contributed by atoms with Gasteiger partial charge in [-0.3, -0.25) is 0 Å². The molecule has 0 saturated heterocycles. The Morgan fingerprint density at radius 3 is 3.20 bits per heavy atom. The van der Waals surface area contributed by atoms with Crippen LogP contribution in [0, 0.1) is 0 Å². The summed E-state index contributed by atoms with van der Waals surface area (Å²) in [5, 5.41) is 3.38. The Balaban J connectivity index is 2.10. The summed E-state index contributed by atoms with van der Waals surface area (Å²) in [5.41, 5.74) is 3.66. The Labute approximate surface area is 91.0 Å². The summed E-state index contributed by atoms with van der Waals surface area (Å²) < 4.78 is 5.61. The molecular weight excluding hydrogens is 186 g/mol. The number of nitrogens with one attached hydrogen (secondary N) is 1. The van der Waals surface area contributed by atoms with Crippen LogP contribution in [0.15, 0.2) is 30.4 Å². The zero-order valence-electron chi connectivity index (χ0n) is 9.18. The second-order valence-corrected chi connectivity index (χ2v) is 4.10. The Kier molecular flexibility index (Phi) is 2.95. The fourth-order valence-electron chi connectivity index (χ4n) is 1.75. The van der Waals surface area contributed by atoms with E-state index in [-0.39, 0.29) is 0 Å². The molecule has 1 aliphatic rings. The molecule has 0 fully saturated rings. The summed E-state index contributed by atoms with van der Waals surface area (Å²) in [6.07, 6.45) is 2.35. The average molecular weight is 203 g/mol. The second kappa shape index (κ2) is 4.39. The van der Waals surface area contributed by atoms with Crippen molar-refractivity contribution in [2.75, 3.05) is 18.5 Å². The lowest BCUT2D eigenvalue weighted by Crippen LogP contribution is -2.11. The Morgan fingerprint density at radius 1 is 1.53 bits per heavy atom. The van der Waals surface area contributed by atoms with E-state index in [1.54, 1.807) is 0 Å². The summed E-state index contributed by atoms with van der Waals surface area (Å²) in [5.74, 6) is 0.945. The normalized spacial score (nSPS) is 13.9. The van der Waals surface area contributed by atoms with E-state index in [4.69, 9.17) is 4.74 Å². The van der Waals surface area contributed by atoms with Crippen LogP contribution in [0.1, 0.15) is 18.9 Å². The lowest BCUT2D eigenvalue weighted by molar-refractivity contribution is 0.352. The molecule has 0 spiro atoms. The molecule has 2 nitrogen and oxygen atoms in total. The van der Waals surface area contributed by atoms with Gasteiger partial charge in [0.2, 0.25) is 0 Å². The van der Waals surface area contributed by atoms with Crippen molar-refractivity contribution in [1.82, 2.24) is 0 Å². The van der Waals surface area contributed by atoms with Crippen LogP contribution < -0.4 is 10.1 Å². The van der Waals surface area contributed by atoms with Crippen LogP contribution in [-0.2, 0) is 6.42 Å². The van der Waals surface area contributed by atoms with E-state index in [2.05, 4.69) is 24.0 Å². The zero-order chi connectivity index (χ0) is 10.7. The second-order valence-electron chi connectivity index (χ2n) is 4.10. The largest absolute Gasteiger partial charge is 0.489 e. The van der Waals surface area contributed by atoms with Gasteiger partial charge in [-0.25, -0.2) is 0 Å². The van der Waals surface area contributed by atoms with Gasteiger partial charge in [0.25, 0.3) is 0 Å². The molecule has 0 bridgehead atoms. The van der Waals surface area contributed by atoms with Gasteiger partial charge in [-0.05, 0) is 49.1 Å². The Bertz CT molecular complexity index is 371. The van der Waals surface area contributed by atoms with E-state index in [9.17, 15) is 0 Å². The van der Waals surface area contributed by atoms with Crippen molar-refractivity contribution < 1.29 is 4.74 Å². The van der Waals surface area contributed by atoms with Crippen LogP contribution in [0.5, 0.6) is 5.75 Å². The van der Waals surface area contributed by atoms with Crippen molar-refractivity contribution in [2.24, 2.45) is 0 Å².